The number of allylic oxidation sites excluding steroid dienone is 1. The molecule has 0 bridgehead atoms. The Morgan fingerprint density at radius 2 is 1.73 bits per heavy atom. The first-order valence-electron chi connectivity index (χ1n) is 10.5. The summed E-state index contributed by atoms with van der Waals surface area (Å²) < 4.78 is 13.4. The number of benzene rings is 2. The molecule has 0 N–H and O–H groups in total. The summed E-state index contributed by atoms with van der Waals surface area (Å²) in [5, 5.41) is 19.4. The number of nitrogens with zero attached hydrogens (tertiary/aromatic N) is 5. The number of rotatable bonds is 5. The lowest BCUT2D eigenvalue weighted by Gasteiger charge is -2.28. The average molecular weight is 458 g/mol. The molecule has 4 aromatic rings. The summed E-state index contributed by atoms with van der Waals surface area (Å²) in [6, 6.07) is 23.1. The van der Waals surface area contributed by atoms with Gasteiger partial charge in [-0.05, 0) is 36.4 Å². The molecular weight excluding hydrogens is 438 g/mol. The molecule has 1 saturated heterocycles. The van der Waals surface area contributed by atoms with E-state index in [1.807, 2.05) is 71.3 Å². The number of nitriles is 1. The molecule has 0 aliphatic carbocycles. The van der Waals surface area contributed by atoms with Gasteiger partial charge in [-0.15, -0.1) is 10.2 Å². The highest BCUT2D eigenvalue weighted by Crippen LogP contribution is 2.31. The van der Waals surface area contributed by atoms with E-state index in [4.69, 9.17) is 20.8 Å². The normalized spacial score (nSPS) is 14.3. The van der Waals surface area contributed by atoms with E-state index in [0.717, 1.165) is 11.3 Å². The maximum atomic E-state index is 10.0. The summed E-state index contributed by atoms with van der Waals surface area (Å²) in [6.45, 7) is 2.65. The minimum Gasteiger partial charge on any atom is -0.457 e. The second-order valence-corrected chi connectivity index (χ2v) is 7.85. The van der Waals surface area contributed by atoms with Crippen LogP contribution in [0.5, 0.6) is 0 Å². The Bertz CT molecular complexity index is 1330. The molecular formula is C25H20ClN5O2. The van der Waals surface area contributed by atoms with Crippen LogP contribution in [0.25, 0.3) is 28.7 Å². The van der Waals surface area contributed by atoms with Crippen LogP contribution < -0.4 is 4.90 Å². The summed E-state index contributed by atoms with van der Waals surface area (Å²) in [7, 11) is 0. The van der Waals surface area contributed by atoms with Gasteiger partial charge in [0.15, 0.2) is 5.82 Å². The predicted molar refractivity (Wildman–Crippen MR) is 127 cm³/mol. The van der Waals surface area contributed by atoms with Gasteiger partial charge >= 0.3 is 0 Å². The van der Waals surface area contributed by atoms with Crippen molar-refractivity contribution in [2.45, 2.75) is 0 Å². The fourth-order valence-electron chi connectivity index (χ4n) is 3.76. The van der Waals surface area contributed by atoms with Gasteiger partial charge in [0, 0.05) is 24.7 Å². The van der Waals surface area contributed by atoms with Crippen LogP contribution in [-0.4, -0.2) is 41.1 Å². The van der Waals surface area contributed by atoms with Gasteiger partial charge in [-0.3, -0.25) is 4.57 Å². The van der Waals surface area contributed by atoms with Crippen molar-refractivity contribution >= 4 is 29.2 Å². The van der Waals surface area contributed by atoms with Gasteiger partial charge in [-0.2, -0.15) is 5.26 Å². The highest BCUT2D eigenvalue weighted by Gasteiger charge is 2.23. The number of anilines is 1. The Labute approximate surface area is 196 Å². The molecule has 1 aliphatic rings. The fraction of sp³-hybridized carbons (Fsp3) is 0.160. The van der Waals surface area contributed by atoms with E-state index in [1.54, 1.807) is 6.08 Å². The van der Waals surface area contributed by atoms with Crippen LogP contribution in [0.1, 0.15) is 11.6 Å². The van der Waals surface area contributed by atoms with Crippen molar-refractivity contribution in [3.8, 4) is 23.1 Å². The molecule has 0 radical (unpaired) electrons. The van der Waals surface area contributed by atoms with E-state index >= 15 is 0 Å². The van der Waals surface area contributed by atoms with Crippen molar-refractivity contribution in [3.63, 3.8) is 0 Å². The number of halogens is 1. The molecule has 5 rings (SSSR count). The first kappa shape index (κ1) is 21.0. The lowest BCUT2D eigenvalue weighted by Crippen LogP contribution is -2.38. The lowest BCUT2D eigenvalue weighted by molar-refractivity contribution is 0.122. The van der Waals surface area contributed by atoms with Gasteiger partial charge in [0.1, 0.15) is 23.2 Å². The first-order chi connectivity index (χ1) is 16.2. The standard InChI is InChI=1S/C25H20ClN5O2/c26-22-9-5-4-8-21(22)23-11-10-20(33-23)16-18(17-27)24-28-29-25(30-12-14-32-15-13-30)31(24)19-6-2-1-3-7-19/h1-11,16H,12-15H2/b18-16+. The molecule has 0 saturated carbocycles. The number of hydrogen-bond acceptors (Lipinski definition) is 6. The van der Waals surface area contributed by atoms with E-state index in [-0.39, 0.29) is 0 Å². The van der Waals surface area contributed by atoms with Crippen molar-refractivity contribution in [3.05, 3.63) is 83.3 Å². The molecule has 8 heteroatoms. The molecule has 0 amide bonds. The van der Waals surface area contributed by atoms with Crippen LogP contribution in [0.4, 0.5) is 5.95 Å². The molecule has 0 unspecified atom stereocenters. The molecule has 1 fully saturated rings. The van der Waals surface area contributed by atoms with Crippen molar-refractivity contribution in [2.24, 2.45) is 0 Å². The zero-order valence-corrected chi connectivity index (χ0v) is 18.4. The van der Waals surface area contributed by atoms with Crippen LogP contribution in [-0.2, 0) is 4.74 Å². The van der Waals surface area contributed by atoms with E-state index in [1.165, 1.54) is 0 Å². The van der Waals surface area contributed by atoms with E-state index < -0.39 is 0 Å². The second-order valence-electron chi connectivity index (χ2n) is 7.45. The number of morpholine rings is 1. The molecule has 2 aromatic heterocycles. The summed E-state index contributed by atoms with van der Waals surface area (Å²) >= 11 is 6.30. The maximum Gasteiger partial charge on any atom is 0.232 e. The number of furan rings is 1. The number of aromatic nitrogens is 3. The smallest absolute Gasteiger partial charge is 0.232 e. The fourth-order valence-corrected chi connectivity index (χ4v) is 3.99. The third-order valence-electron chi connectivity index (χ3n) is 5.37. The summed E-state index contributed by atoms with van der Waals surface area (Å²) in [5.41, 5.74) is 2.00. The lowest BCUT2D eigenvalue weighted by atomic mass is 10.2. The highest BCUT2D eigenvalue weighted by molar-refractivity contribution is 6.33. The monoisotopic (exact) mass is 457 g/mol. The summed E-state index contributed by atoms with van der Waals surface area (Å²) in [4.78, 5) is 2.12. The van der Waals surface area contributed by atoms with E-state index in [0.29, 0.717) is 60.2 Å². The molecule has 7 nitrogen and oxygen atoms in total. The highest BCUT2D eigenvalue weighted by atomic mass is 35.5. The van der Waals surface area contributed by atoms with Crippen molar-refractivity contribution in [1.29, 1.82) is 5.26 Å². The Kier molecular flexibility index (Phi) is 5.94. The van der Waals surface area contributed by atoms with Gasteiger partial charge in [-0.25, -0.2) is 0 Å². The van der Waals surface area contributed by atoms with Crippen LogP contribution in [0.2, 0.25) is 5.02 Å². The Morgan fingerprint density at radius 1 is 0.970 bits per heavy atom. The third kappa shape index (κ3) is 4.27. The zero-order chi connectivity index (χ0) is 22.6. The Balaban J connectivity index is 1.57. The molecule has 0 atom stereocenters. The van der Waals surface area contributed by atoms with Crippen LogP contribution in [0.15, 0.2) is 71.1 Å². The zero-order valence-electron chi connectivity index (χ0n) is 17.7. The number of hydrogen-bond donors (Lipinski definition) is 0. The minimum absolute atomic E-state index is 0.339. The summed E-state index contributed by atoms with van der Waals surface area (Å²) in [5.74, 6) is 2.28. The van der Waals surface area contributed by atoms with Gasteiger partial charge < -0.3 is 14.1 Å². The molecule has 33 heavy (non-hydrogen) atoms. The number of ether oxygens (including phenoxy) is 1. The number of para-hydroxylation sites is 1. The van der Waals surface area contributed by atoms with Crippen molar-refractivity contribution in [2.75, 3.05) is 31.2 Å². The largest absolute Gasteiger partial charge is 0.457 e. The molecule has 0 spiro atoms. The van der Waals surface area contributed by atoms with Crippen LogP contribution >= 0.6 is 11.6 Å². The van der Waals surface area contributed by atoms with Crippen molar-refractivity contribution < 1.29 is 9.15 Å². The Hall–Kier alpha value is -3.86. The topological polar surface area (TPSA) is 80.1 Å². The van der Waals surface area contributed by atoms with E-state index in [9.17, 15) is 5.26 Å². The van der Waals surface area contributed by atoms with Gasteiger partial charge in [0.05, 0.1) is 23.9 Å². The predicted octanol–water partition coefficient (Wildman–Crippen LogP) is 5.08. The average Bonchev–Trinajstić information content (AvgIpc) is 3.51. The van der Waals surface area contributed by atoms with Gasteiger partial charge in [0.2, 0.25) is 5.95 Å². The minimum atomic E-state index is 0.339. The third-order valence-corrected chi connectivity index (χ3v) is 5.70. The molecule has 1 aliphatic heterocycles. The molecule has 2 aromatic carbocycles. The van der Waals surface area contributed by atoms with Crippen LogP contribution in [0.3, 0.4) is 0 Å². The van der Waals surface area contributed by atoms with Crippen LogP contribution in [0, 0.1) is 11.3 Å². The van der Waals surface area contributed by atoms with Crippen molar-refractivity contribution in [1.82, 2.24) is 14.8 Å². The SMILES string of the molecule is N#C/C(=C\c1ccc(-c2ccccc2Cl)o1)c1nnc(N2CCOCC2)n1-c1ccccc1. The summed E-state index contributed by atoms with van der Waals surface area (Å²) in [6.07, 6.45) is 1.67. The Morgan fingerprint density at radius 3 is 2.48 bits per heavy atom. The van der Waals surface area contributed by atoms with Gasteiger partial charge in [-0.1, -0.05) is 41.9 Å². The maximum absolute atomic E-state index is 10.0. The van der Waals surface area contributed by atoms with Gasteiger partial charge in [0.25, 0.3) is 0 Å². The molecule has 164 valence electrons. The second kappa shape index (κ2) is 9.33. The quantitative estimate of drug-likeness (QED) is 0.389. The molecule has 3 heterocycles. The first-order valence-corrected chi connectivity index (χ1v) is 10.9. The van der Waals surface area contributed by atoms with E-state index in [2.05, 4.69) is 21.2 Å².